The van der Waals surface area contributed by atoms with Gasteiger partial charge < -0.3 is 10.1 Å². The van der Waals surface area contributed by atoms with Crippen molar-refractivity contribution in [1.82, 2.24) is 4.98 Å². The number of thioether (sulfide) groups is 1. The van der Waals surface area contributed by atoms with E-state index in [1.807, 2.05) is 12.1 Å². The Morgan fingerprint density at radius 2 is 1.68 bits per heavy atom. The zero-order chi connectivity index (χ0) is 23.3. The summed E-state index contributed by atoms with van der Waals surface area (Å²) in [5.74, 6) is -1.76. The Morgan fingerprint density at radius 3 is 2.41 bits per heavy atom. The smallest absolute Gasteiger partial charge is 0.305 e. The summed E-state index contributed by atoms with van der Waals surface area (Å²) in [5.41, 5.74) is 1.16. The second kappa shape index (κ2) is 7.05. The highest BCUT2D eigenvalue weighted by Crippen LogP contribution is 2.69. The van der Waals surface area contributed by atoms with E-state index in [-0.39, 0.29) is 51.4 Å². The standard InChI is InChI=1S/C25H19FN2O4S2/c26-10-5-7-11(8-6-10)28-23(30)18-13-9-14(19(18)24(28)31)20-17(13)16(12-3-1-2-4-15(12)29)21-22(33-20)27-25(32)34-21/h1-8,13-14,16-20,29H,9H2,(H,27,32)/t13-,14+,16-,17+,18+,19+,20-/m0/s1. The molecule has 3 fully saturated rings. The molecule has 2 aliphatic heterocycles. The number of nitrogens with one attached hydrogen (secondary N) is 1. The van der Waals surface area contributed by atoms with Crippen LogP contribution in [0.15, 0.2) is 58.4 Å². The van der Waals surface area contributed by atoms with Gasteiger partial charge in [-0.3, -0.25) is 19.3 Å². The Kier molecular flexibility index (Phi) is 4.24. The highest BCUT2D eigenvalue weighted by Gasteiger charge is 2.69. The number of halogens is 1. The van der Waals surface area contributed by atoms with Crippen LogP contribution < -0.4 is 9.77 Å². The van der Waals surface area contributed by atoms with E-state index in [9.17, 15) is 23.9 Å². The van der Waals surface area contributed by atoms with Crippen molar-refractivity contribution < 1.29 is 19.1 Å². The minimum atomic E-state index is -0.435. The summed E-state index contributed by atoms with van der Waals surface area (Å²) in [6.07, 6.45) is 0.773. The summed E-state index contributed by atoms with van der Waals surface area (Å²) < 4.78 is 13.5. The van der Waals surface area contributed by atoms with Crippen LogP contribution in [0.4, 0.5) is 10.1 Å². The lowest BCUT2D eigenvalue weighted by Gasteiger charge is -2.43. The molecule has 34 heavy (non-hydrogen) atoms. The van der Waals surface area contributed by atoms with E-state index in [4.69, 9.17) is 0 Å². The van der Waals surface area contributed by atoms with Gasteiger partial charge in [-0.1, -0.05) is 29.5 Å². The number of thiazole rings is 1. The third-order valence-corrected chi connectivity index (χ3v) is 10.7. The van der Waals surface area contributed by atoms with Crippen LogP contribution in [0.3, 0.4) is 0 Å². The number of anilines is 1. The lowest BCUT2D eigenvalue weighted by atomic mass is 9.68. The molecule has 172 valence electrons. The van der Waals surface area contributed by atoms with Crippen LogP contribution in [0.2, 0.25) is 0 Å². The minimum absolute atomic E-state index is 0.00296. The van der Waals surface area contributed by atoms with Gasteiger partial charge in [0.15, 0.2) is 0 Å². The van der Waals surface area contributed by atoms with Gasteiger partial charge in [0, 0.05) is 21.6 Å². The van der Waals surface area contributed by atoms with E-state index in [2.05, 4.69) is 4.98 Å². The molecule has 0 unspecified atom stereocenters. The van der Waals surface area contributed by atoms with Gasteiger partial charge in [0.1, 0.15) is 11.6 Å². The van der Waals surface area contributed by atoms with Gasteiger partial charge in [0.05, 0.1) is 22.5 Å². The van der Waals surface area contributed by atoms with E-state index in [1.54, 1.807) is 23.9 Å². The Hall–Kier alpha value is -2.91. The minimum Gasteiger partial charge on any atom is -0.508 e. The van der Waals surface area contributed by atoms with Gasteiger partial charge >= 0.3 is 4.87 Å². The lowest BCUT2D eigenvalue weighted by molar-refractivity contribution is -0.123. The lowest BCUT2D eigenvalue weighted by Crippen LogP contribution is -2.42. The zero-order valence-corrected chi connectivity index (χ0v) is 19.3. The fourth-order valence-corrected chi connectivity index (χ4v) is 9.84. The fraction of sp³-hybridized carbons (Fsp3) is 0.320. The number of hydrogen-bond donors (Lipinski definition) is 2. The average Bonchev–Trinajstić information content (AvgIpc) is 3.54. The molecule has 1 aromatic heterocycles. The number of phenolic OH excluding ortho intramolecular Hbond substituents is 1. The van der Waals surface area contributed by atoms with E-state index in [1.165, 1.54) is 29.2 Å². The largest absolute Gasteiger partial charge is 0.508 e. The quantitative estimate of drug-likeness (QED) is 0.527. The number of imide groups is 1. The maximum absolute atomic E-state index is 13.6. The topological polar surface area (TPSA) is 90.5 Å². The van der Waals surface area contributed by atoms with Crippen molar-refractivity contribution in [2.75, 3.05) is 4.90 Å². The Balaban J connectivity index is 1.34. The number of rotatable bonds is 2. The molecule has 4 aliphatic rings. The molecule has 2 aromatic carbocycles. The molecule has 2 N–H and O–H groups in total. The number of phenols is 1. The number of carbonyl (C=O) groups excluding carboxylic acids is 2. The second-order valence-corrected chi connectivity index (χ2v) is 11.7. The monoisotopic (exact) mass is 494 g/mol. The van der Waals surface area contributed by atoms with Crippen LogP contribution in [-0.2, 0) is 9.59 Å². The molecule has 1 saturated heterocycles. The Morgan fingerprint density at radius 1 is 0.971 bits per heavy atom. The van der Waals surface area contributed by atoms with Crippen molar-refractivity contribution in [2.45, 2.75) is 22.6 Å². The number of fused-ring (bicyclic) bond motifs is 9. The van der Waals surface area contributed by atoms with Gasteiger partial charge in [-0.25, -0.2) is 4.39 Å². The SMILES string of the molecule is O=C1[C@@H]2[C@H]3C[C@@H]([C@@H]4Sc5[nH]c(=O)sc5[C@@H](c5ccccc5O)[C@@H]34)[C@H]2C(=O)N1c1ccc(F)cc1. The summed E-state index contributed by atoms with van der Waals surface area (Å²) in [6.45, 7) is 0. The Bertz CT molecular complexity index is 1420. The van der Waals surface area contributed by atoms with E-state index >= 15 is 0 Å². The number of nitrogens with zero attached hydrogens (tertiary/aromatic N) is 1. The van der Waals surface area contributed by atoms with Crippen LogP contribution in [0, 0.1) is 35.4 Å². The maximum atomic E-state index is 13.6. The van der Waals surface area contributed by atoms with E-state index < -0.39 is 17.7 Å². The summed E-state index contributed by atoms with van der Waals surface area (Å²) in [7, 11) is 0. The molecule has 3 aromatic rings. The first-order valence-corrected chi connectivity index (χ1v) is 12.9. The van der Waals surface area contributed by atoms with E-state index in [0.717, 1.165) is 33.2 Å². The number of aromatic nitrogens is 1. The summed E-state index contributed by atoms with van der Waals surface area (Å²) in [6, 6.07) is 12.6. The molecule has 3 heterocycles. The van der Waals surface area contributed by atoms with Crippen molar-refractivity contribution in [3.05, 3.63) is 74.5 Å². The number of amides is 2. The molecule has 6 nitrogen and oxygen atoms in total. The number of aromatic amines is 1. The van der Waals surface area contributed by atoms with Crippen LogP contribution in [0.25, 0.3) is 0 Å². The first kappa shape index (κ1) is 20.5. The molecule has 2 aliphatic carbocycles. The van der Waals surface area contributed by atoms with Crippen molar-refractivity contribution in [3.8, 4) is 5.75 Å². The average molecular weight is 495 g/mol. The van der Waals surface area contributed by atoms with E-state index in [0.29, 0.717) is 5.69 Å². The second-order valence-electron chi connectivity index (χ2n) is 9.51. The van der Waals surface area contributed by atoms with Gasteiger partial charge in [-0.05, 0) is 54.5 Å². The van der Waals surface area contributed by atoms with Gasteiger partial charge in [-0.2, -0.15) is 0 Å². The molecule has 2 amide bonds. The third kappa shape index (κ3) is 2.59. The maximum Gasteiger partial charge on any atom is 0.305 e. The normalized spacial score (nSPS) is 33.2. The molecule has 7 atom stereocenters. The molecule has 7 rings (SSSR count). The number of H-pyrrole nitrogens is 1. The first-order chi connectivity index (χ1) is 16.4. The van der Waals surface area contributed by atoms with Crippen molar-refractivity contribution >= 4 is 40.6 Å². The third-order valence-electron chi connectivity index (χ3n) is 8.08. The first-order valence-electron chi connectivity index (χ1n) is 11.2. The molecular weight excluding hydrogens is 475 g/mol. The molecular formula is C25H19FN2O4S2. The summed E-state index contributed by atoms with van der Waals surface area (Å²) >= 11 is 2.77. The predicted octanol–water partition coefficient (Wildman–Crippen LogP) is 3.96. The van der Waals surface area contributed by atoms with Gasteiger partial charge in [-0.15, -0.1) is 11.8 Å². The van der Waals surface area contributed by atoms with Crippen LogP contribution >= 0.6 is 23.1 Å². The van der Waals surface area contributed by atoms with Crippen molar-refractivity contribution in [1.29, 1.82) is 0 Å². The fourth-order valence-electron chi connectivity index (χ4n) is 6.96. The van der Waals surface area contributed by atoms with Crippen molar-refractivity contribution in [2.24, 2.45) is 29.6 Å². The highest BCUT2D eigenvalue weighted by atomic mass is 32.2. The molecule has 9 heteroatoms. The number of benzene rings is 2. The Labute approximate surface area is 201 Å². The van der Waals surface area contributed by atoms with Crippen LogP contribution in [-0.4, -0.2) is 27.2 Å². The van der Waals surface area contributed by atoms with Gasteiger partial charge in [0.25, 0.3) is 0 Å². The summed E-state index contributed by atoms with van der Waals surface area (Å²) in [5, 5.41) is 11.6. The van der Waals surface area contributed by atoms with Gasteiger partial charge in [0.2, 0.25) is 11.8 Å². The van der Waals surface area contributed by atoms with Crippen molar-refractivity contribution in [3.63, 3.8) is 0 Å². The number of hydrogen-bond acceptors (Lipinski definition) is 6. The highest BCUT2D eigenvalue weighted by molar-refractivity contribution is 8.00. The predicted molar refractivity (Wildman–Crippen MR) is 125 cm³/mol. The number of para-hydroxylation sites is 1. The molecule has 0 spiro atoms. The molecule has 0 radical (unpaired) electrons. The number of carbonyl (C=O) groups is 2. The zero-order valence-electron chi connectivity index (χ0n) is 17.7. The molecule has 2 bridgehead atoms. The van der Waals surface area contributed by atoms with Crippen LogP contribution in [0.1, 0.15) is 22.8 Å². The van der Waals surface area contributed by atoms with Crippen LogP contribution in [0.5, 0.6) is 5.75 Å². The number of aromatic hydroxyl groups is 1. The summed E-state index contributed by atoms with van der Waals surface area (Å²) in [4.78, 5) is 44.4. The molecule has 2 saturated carbocycles.